The van der Waals surface area contributed by atoms with Crippen LogP contribution in [0.4, 0.5) is 5.69 Å². The minimum absolute atomic E-state index is 0.0374. The molecule has 10 heteroatoms. The molecule has 8 aromatic rings. The quantitative estimate of drug-likeness (QED) is 0.0805. The van der Waals surface area contributed by atoms with E-state index in [1.54, 1.807) is 12.1 Å². The number of carbonyl (C=O) groups is 1. The van der Waals surface area contributed by atoms with Crippen LogP contribution < -0.4 is 5.32 Å². The molecule has 610 valence electrons. The number of amides is 1. The number of hydrogen-bond acceptors (Lipinski definition) is 7. The second-order valence-electron chi connectivity index (χ2n) is 39.5. The lowest BCUT2D eigenvalue weighted by molar-refractivity contribution is 0.102. The average molecular weight is 1580 g/mol. The van der Waals surface area contributed by atoms with Crippen LogP contribution in [0.25, 0.3) is 94.9 Å². The third-order valence-corrected chi connectivity index (χ3v) is 23.0. The lowest BCUT2D eigenvalue weighted by Crippen LogP contribution is -2.19. The molecule has 8 bridgehead atoms. The highest BCUT2D eigenvalue weighted by atomic mass is 16.1. The SMILES string of the molecule is CC1=C(/C=C/C(C)=C/C=C/C(C)=C/C=C/C=C(C)/C=C/C=C(C)/C=C/c2ccc(NC(=O)c3cccc(-c4c5nc(c(-c6cc(C(C)(C)C)cc(C(C)(C)C)c6)c6ccc([nH]6)c(-c6cc(C(C)(C)C)cc(C(C)(C)C)c6)c6nc(c(-c7cc(C(C)(C)C)cc(C(C)(C)C)c7)c7ccc4[nH]7)C(C#N)=C6C#N)C(C#N)=C5C#N)c3)cc2)C(C)(C)CCC1. The molecule has 3 aliphatic rings. The van der Waals surface area contributed by atoms with Gasteiger partial charge in [0, 0.05) is 55.6 Å². The van der Waals surface area contributed by atoms with E-state index in [1.807, 2.05) is 66.7 Å². The molecule has 3 N–H and O–H groups in total. The smallest absolute Gasteiger partial charge is 0.255 e. The van der Waals surface area contributed by atoms with Gasteiger partial charge in [-0.1, -0.05) is 330 Å². The van der Waals surface area contributed by atoms with Crippen LogP contribution in [0.3, 0.4) is 0 Å². The Kier molecular flexibility index (Phi) is 25.6. The van der Waals surface area contributed by atoms with Gasteiger partial charge in [0.15, 0.2) is 0 Å². The zero-order valence-electron chi connectivity index (χ0n) is 75.4. The van der Waals surface area contributed by atoms with Gasteiger partial charge in [0.2, 0.25) is 0 Å². The topological polar surface area (TPSA) is 182 Å². The first-order valence-electron chi connectivity index (χ1n) is 42.0. The summed E-state index contributed by atoms with van der Waals surface area (Å²) in [5, 5.41) is 50.8. The third-order valence-electron chi connectivity index (χ3n) is 23.0. The van der Waals surface area contributed by atoms with Gasteiger partial charge in [0.05, 0.1) is 45.1 Å². The summed E-state index contributed by atoms with van der Waals surface area (Å²) in [5.41, 5.74) is 22.4. The first-order valence-corrected chi connectivity index (χ1v) is 42.0. The molecule has 5 aromatic carbocycles. The van der Waals surface area contributed by atoms with Crippen LogP contribution >= 0.6 is 0 Å². The molecule has 2 aliphatic heterocycles. The maximum Gasteiger partial charge on any atom is 0.255 e. The van der Waals surface area contributed by atoms with Gasteiger partial charge < -0.3 is 15.3 Å². The molecule has 0 spiro atoms. The second kappa shape index (κ2) is 34.8. The van der Waals surface area contributed by atoms with E-state index in [-0.39, 0.29) is 77.5 Å². The average Bonchev–Trinajstić information content (AvgIpc) is 1.53. The van der Waals surface area contributed by atoms with Gasteiger partial charge >= 0.3 is 0 Å². The van der Waals surface area contributed by atoms with Crippen LogP contribution in [-0.4, -0.2) is 25.8 Å². The van der Waals surface area contributed by atoms with E-state index < -0.39 is 0 Å². The Morgan fingerprint density at radius 1 is 0.408 bits per heavy atom. The molecule has 0 atom stereocenters. The Bertz CT molecular complexity index is 6030. The van der Waals surface area contributed by atoms with E-state index in [0.29, 0.717) is 72.5 Å². The summed E-state index contributed by atoms with van der Waals surface area (Å²) >= 11 is 0. The fourth-order valence-corrected chi connectivity index (χ4v) is 15.5. The minimum atomic E-state index is -0.379. The van der Waals surface area contributed by atoms with E-state index in [9.17, 15) is 25.8 Å². The molecule has 3 aromatic heterocycles. The molecule has 0 saturated heterocycles. The number of nitriles is 4. The monoisotopic (exact) mass is 1580 g/mol. The summed E-state index contributed by atoms with van der Waals surface area (Å²) in [5.74, 6) is -0.379. The fraction of sp³-hybridized carbons (Fsp3) is 0.318. The van der Waals surface area contributed by atoms with Crippen LogP contribution in [0.1, 0.15) is 264 Å². The highest BCUT2D eigenvalue weighted by Gasteiger charge is 2.35. The van der Waals surface area contributed by atoms with Gasteiger partial charge in [0.1, 0.15) is 24.3 Å². The molecule has 0 fully saturated rings. The molecule has 0 saturated carbocycles. The maximum atomic E-state index is 14.9. The van der Waals surface area contributed by atoms with Crippen molar-refractivity contribution in [1.82, 2.24) is 19.9 Å². The molecular formula is C110H119N9O. The molecule has 120 heavy (non-hydrogen) atoms. The second-order valence-corrected chi connectivity index (χ2v) is 39.5. The Morgan fingerprint density at radius 2 is 0.733 bits per heavy atom. The van der Waals surface area contributed by atoms with Crippen molar-refractivity contribution in [1.29, 1.82) is 21.0 Å². The fourth-order valence-electron chi connectivity index (χ4n) is 15.5. The van der Waals surface area contributed by atoms with Crippen molar-refractivity contribution in [3.63, 3.8) is 0 Å². The Balaban J connectivity index is 1.05. The largest absolute Gasteiger partial charge is 0.354 e. The molecule has 1 aliphatic carbocycles. The number of nitrogens with zero attached hydrogens (tertiary/aromatic N) is 6. The van der Waals surface area contributed by atoms with Crippen LogP contribution in [-0.2, 0) is 32.5 Å². The van der Waals surface area contributed by atoms with Crippen LogP contribution in [0.5, 0.6) is 0 Å². The highest BCUT2D eigenvalue weighted by molar-refractivity contribution is 6.15. The number of carbonyl (C=O) groups excluding carboxylic acids is 1. The lowest BCUT2D eigenvalue weighted by Gasteiger charge is -2.32. The van der Waals surface area contributed by atoms with Gasteiger partial charge in [-0.05, 0) is 207 Å². The molecule has 10 nitrogen and oxygen atoms in total. The van der Waals surface area contributed by atoms with Crippen molar-refractivity contribution in [2.45, 2.75) is 225 Å². The number of nitrogens with one attached hydrogen (secondary N) is 3. The lowest BCUT2D eigenvalue weighted by atomic mass is 9.72. The van der Waals surface area contributed by atoms with E-state index >= 15 is 0 Å². The van der Waals surface area contributed by atoms with E-state index in [2.05, 4.69) is 346 Å². The number of benzene rings is 5. The van der Waals surface area contributed by atoms with E-state index in [1.165, 1.54) is 36.0 Å². The summed E-state index contributed by atoms with van der Waals surface area (Å²) in [6, 6.07) is 52.7. The first kappa shape index (κ1) is 88.3. The number of rotatable bonds is 16. The Labute approximate surface area is 714 Å². The number of hydrogen-bond donors (Lipinski definition) is 3. The summed E-state index contributed by atoms with van der Waals surface area (Å²) in [7, 11) is 0. The van der Waals surface area contributed by atoms with Crippen molar-refractivity contribution in [3.8, 4) is 68.8 Å². The number of allylic oxidation sites excluding steroid dienone is 23. The maximum absolute atomic E-state index is 14.9. The van der Waals surface area contributed by atoms with Crippen molar-refractivity contribution in [2.24, 2.45) is 5.41 Å². The van der Waals surface area contributed by atoms with Gasteiger partial charge in [-0.2, -0.15) is 21.0 Å². The number of H-pyrrole nitrogens is 2. The highest BCUT2D eigenvalue weighted by Crippen LogP contribution is 2.49. The Morgan fingerprint density at radius 3 is 1.07 bits per heavy atom. The number of anilines is 1. The number of aromatic nitrogens is 4. The van der Waals surface area contributed by atoms with Crippen LogP contribution in [0, 0.1) is 50.7 Å². The number of fused-ring (bicyclic) bond motifs is 8. The van der Waals surface area contributed by atoms with Crippen molar-refractivity contribution in [2.75, 3.05) is 5.32 Å². The van der Waals surface area contributed by atoms with E-state index in [4.69, 9.17) is 9.97 Å². The van der Waals surface area contributed by atoms with Gasteiger partial charge in [-0.25, -0.2) is 9.97 Å². The third kappa shape index (κ3) is 20.1. The van der Waals surface area contributed by atoms with Crippen molar-refractivity contribution >= 4 is 62.0 Å². The first-order chi connectivity index (χ1) is 56.3. The van der Waals surface area contributed by atoms with Crippen molar-refractivity contribution in [3.05, 3.63) is 307 Å². The molecular weight excluding hydrogens is 1460 g/mol. The van der Waals surface area contributed by atoms with Crippen LogP contribution in [0.2, 0.25) is 0 Å². The summed E-state index contributed by atoms with van der Waals surface area (Å²) in [4.78, 5) is 34.1. The minimum Gasteiger partial charge on any atom is -0.354 e. The molecule has 0 unspecified atom stereocenters. The summed E-state index contributed by atoms with van der Waals surface area (Å²) in [6.45, 7) is 54.8. The predicted octanol–water partition coefficient (Wildman–Crippen LogP) is 29.5. The molecule has 1 amide bonds. The van der Waals surface area contributed by atoms with E-state index in [0.717, 1.165) is 72.4 Å². The van der Waals surface area contributed by atoms with Gasteiger partial charge in [-0.15, -0.1) is 0 Å². The van der Waals surface area contributed by atoms with Gasteiger partial charge in [-0.3, -0.25) is 4.79 Å². The summed E-state index contributed by atoms with van der Waals surface area (Å²) in [6.07, 6.45) is 33.3. The van der Waals surface area contributed by atoms with Gasteiger partial charge in [0.25, 0.3) is 5.91 Å². The predicted molar refractivity (Wildman–Crippen MR) is 506 cm³/mol. The summed E-state index contributed by atoms with van der Waals surface area (Å²) < 4.78 is 0. The Hall–Kier alpha value is -12.5. The van der Waals surface area contributed by atoms with Crippen LogP contribution in [0.15, 0.2) is 240 Å². The zero-order chi connectivity index (χ0) is 87.5. The molecule has 11 rings (SSSR count). The molecule has 0 radical (unpaired) electrons. The zero-order valence-corrected chi connectivity index (χ0v) is 75.4. The standard InChI is InChI=1S/C110H119N9O/c1-68(32-26-27-33-69(2)35-29-37-71(4)42-48-90-72(5)38-31-53-110(90,24)25)34-28-36-70(3)41-43-73-44-46-85(47-45-73)115-103(120)75-40-30-39-74(54-75)95-91-49-50-92(116-91)96(76-55-79(104(6,7)8)61-80(56-76)105(9,10)11)101-88(66-113)89(67-114)102(119-101)98(78-59-83(108(18,19)20)63-84(60-78)109(21,22)23)94-52-51-93(117-94)97(100-87(65-112)86(64-111)99(95)118-100)77-57-81(106(12,13)14)62-82(58-77)107(15,16)17/h26-30,32-37,39-52,54-63,116-117H,31,38,53H2,1-25H3,(H,115,120)/b27-26+,34-28+,35-29+,43-41+,48-42+,68-32+,69-33+,70-36+,71-37+,95-91?,96-92?,97-93?,98-94?,99-95?,100-97?,101-96?,102-98?. The van der Waals surface area contributed by atoms with Crippen molar-refractivity contribution < 1.29 is 4.79 Å². The molecule has 5 heterocycles. The normalized spacial score (nSPS) is 15.1. The number of aromatic amines is 2.